The predicted molar refractivity (Wildman–Crippen MR) is 83.4 cm³/mol. The van der Waals surface area contributed by atoms with Gasteiger partial charge in [-0.15, -0.1) is 11.3 Å². The number of ether oxygens (including phenoxy) is 1. The molecule has 1 aromatic rings. The summed E-state index contributed by atoms with van der Waals surface area (Å²) in [6.45, 7) is 9.11. The summed E-state index contributed by atoms with van der Waals surface area (Å²) in [5.74, 6) is 0.651. The summed E-state index contributed by atoms with van der Waals surface area (Å²) < 4.78 is 5.70. The maximum Gasteiger partial charge on any atom is 0.315 e. The Morgan fingerprint density at radius 1 is 1.57 bits per heavy atom. The van der Waals surface area contributed by atoms with Gasteiger partial charge in [-0.2, -0.15) is 0 Å². The molecule has 1 atom stereocenters. The van der Waals surface area contributed by atoms with Crippen LogP contribution in [0.2, 0.25) is 0 Å². The van der Waals surface area contributed by atoms with Gasteiger partial charge in [0, 0.05) is 37.8 Å². The van der Waals surface area contributed by atoms with Gasteiger partial charge in [0.25, 0.3) is 0 Å². The monoisotopic (exact) mass is 312 g/mol. The van der Waals surface area contributed by atoms with Crippen molar-refractivity contribution in [1.82, 2.24) is 20.5 Å². The van der Waals surface area contributed by atoms with E-state index in [1.54, 1.807) is 6.20 Å². The summed E-state index contributed by atoms with van der Waals surface area (Å²) in [6, 6.07) is -0.171. The van der Waals surface area contributed by atoms with Crippen LogP contribution in [0.25, 0.3) is 0 Å². The lowest BCUT2D eigenvalue weighted by atomic mass is 10.2. The van der Waals surface area contributed by atoms with Crippen LogP contribution >= 0.6 is 11.3 Å². The van der Waals surface area contributed by atoms with Crippen molar-refractivity contribution in [2.24, 2.45) is 5.92 Å². The zero-order valence-electron chi connectivity index (χ0n) is 12.7. The molecule has 1 unspecified atom stereocenters. The van der Waals surface area contributed by atoms with E-state index in [0.29, 0.717) is 19.0 Å². The molecule has 0 saturated carbocycles. The molecule has 0 aliphatic carbocycles. The molecule has 1 aliphatic heterocycles. The van der Waals surface area contributed by atoms with Crippen LogP contribution in [-0.2, 0) is 11.3 Å². The van der Waals surface area contributed by atoms with Gasteiger partial charge in [0.05, 0.1) is 19.3 Å². The van der Waals surface area contributed by atoms with Gasteiger partial charge in [0.1, 0.15) is 5.01 Å². The highest BCUT2D eigenvalue weighted by atomic mass is 32.1. The van der Waals surface area contributed by atoms with E-state index in [1.165, 1.54) is 11.3 Å². The van der Waals surface area contributed by atoms with Gasteiger partial charge in [-0.1, -0.05) is 13.8 Å². The summed E-state index contributed by atoms with van der Waals surface area (Å²) in [4.78, 5) is 18.2. The van der Waals surface area contributed by atoms with E-state index in [1.807, 2.05) is 5.38 Å². The van der Waals surface area contributed by atoms with Crippen LogP contribution in [0.4, 0.5) is 4.79 Å². The Labute approximate surface area is 129 Å². The standard InChI is InChI=1S/C14H24N4O2S/c1-11(2)9-18-4-5-20-12(10-18)7-16-14(19)17-8-13-15-3-6-21-13/h3,6,11-12H,4-5,7-10H2,1-2H3,(H2,16,17,19). The number of nitrogens with one attached hydrogen (secondary N) is 2. The normalized spacial score (nSPS) is 19.7. The average molecular weight is 312 g/mol. The first-order valence-corrected chi connectivity index (χ1v) is 8.25. The van der Waals surface area contributed by atoms with E-state index in [-0.39, 0.29) is 12.1 Å². The van der Waals surface area contributed by atoms with E-state index < -0.39 is 0 Å². The second-order valence-electron chi connectivity index (χ2n) is 5.64. The first-order valence-electron chi connectivity index (χ1n) is 7.37. The SMILES string of the molecule is CC(C)CN1CCOC(CNC(=O)NCc2nccs2)C1. The number of nitrogens with zero attached hydrogens (tertiary/aromatic N) is 2. The third kappa shape index (κ3) is 5.99. The Kier molecular flexibility index (Phi) is 6.41. The van der Waals surface area contributed by atoms with Crippen molar-refractivity contribution in [3.8, 4) is 0 Å². The van der Waals surface area contributed by atoms with Gasteiger partial charge in [-0.3, -0.25) is 4.90 Å². The lowest BCUT2D eigenvalue weighted by Crippen LogP contribution is -2.49. The topological polar surface area (TPSA) is 66.5 Å². The van der Waals surface area contributed by atoms with Crippen molar-refractivity contribution in [3.05, 3.63) is 16.6 Å². The van der Waals surface area contributed by atoms with Crippen molar-refractivity contribution in [1.29, 1.82) is 0 Å². The highest BCUT2D eigenvalue weighted by Gasteiger charge is 2.21. The minimum atomic E-state index is -0.171. The fourth-order valence-electron chi connectivity index (χ4n) is 2.35. The molecule has 1 aliphatic rings. The number of thiazole rings is 1. The van der Waals surface area contributed by atoms with Gasteiger partial charge in [0.2, 0.25) is 0 Å². The molecule has 0 spiro atoms. The van der Waals surface area contributed by atoms with E-state index in [2.05, 4.69) is 34.4 Å². The second-order valence-corrected chi connectivity index (χ2v) is 6.61. The zero-order valence-corrected chi connectivity index (χ0v) is 13.5. The lowest BCUT2D eigenvalue weighted by Gasteiger charge is -2.33. The zero-order chi connectivity index (χ0) is 15.1. The van der Waals surface area contributed by atoms with Crippen LogP contribution < -0.4 is 10.6 Å². The van der Waals surface area contributed by atoms with Crippen molar-refractivity contribution in [3.63, 3.8) is 0 Å². The molecule has 2 rings (SSSR count). The number of hydrogen-bond donors (Lipinski definition) is 2. The summed E-state index contributed by atoms with van der Waals surface area (Å²) >= 11 is 1.53. The fourth-order valence-corrected chi connectivity index (χ4v) is 2.91. The molecule has 1 fully saturated rings. The molecule has 0 radical (unpaired) electrons. The molecule has 118 valence electrons. The lowest BCUT2D eigenvalue weighted by molar-refractivity contribution is -0.0290. The largest absolute Gasteiger partial charge is 0.374 e. The van der Waals surface area contributed by atoms with Crippen molar-refractivity contribution in [2.75, 3.05) is 32.8 Å². The number of aromatic nitrogens is 1. The molecular weight excluding hydrogens is 288 g/mol. The van der Waals surface area contributed by atoms with Crippen molar-refractivity contribution >= 4 is 17.4 Å². The summed E-state index contributed by atoms with van der Waals surface area (Å²) in [5, 5.41) is 8.46. The Morgan fingerprint density at radius 3 is 3.14 bits per heavy atom. The Bertz CT molecular complexity index is 425. The average Bonchev–Trinajstić information content (AvgIpc) is 2.96. The van der Waals surface area contributed by atoms with Crippen molar-refractivity contribution in [2.45, 2.75) is 26.5 Å². The minimum absolute atomic E-state index is 0.0723. The number of carbonyl (C=O) groups is 1. The molecule has 1 saturated heterocycles. The number of urea groups is 1. The molecule has 0 aromatic carbocycles. The first kappa shape index (κ1) is 16.2. The third-order valence-electron chi connectivity index (χ3n) is 3.22. The number of carbonyl (C=O) groups excluding carboxylic acids is 1. The Hall–Kier alpha value is -1.18. The van der Waals surface area contributed by atoms with E-state index in [4.69, 9.17) is 4.74 Å². The van der Waals surface area contributed by atoms with Crippen LogP contribution in [0, 0.1) is 5.92 Å². The predicted octanol–water partition coefficient (Wildman–Crippen LogP) is 1.30. The van der Waals surface area contributed by atoms with E-state index in [0.717, 1.165) is 31.2 Å². The number of rotatable bonds is 6. The van der Waals surface area contributed by atoms with Gasteiger partial charge >= 0.3 is 6.03 Å². The molecule has 2 heterocycles. The van der Waals surface area contributed by atoms with Crippen LogP contribution in [-0.4, -0.2) is 54.8 Å². The van der Waals surface area contributed by atoms with E-state index >= 15 is 0 Å². The maximum atomic E-state index is 11.7. The number of amides is 2. The number of hydrogen-bond acceptors (Lipinski definition) is 5. The molecule has 2 amide bonds. The molecule has 0 bridgehead atoms. The highest BCUT2D eigenvalue weighted by molar-refractivity contribution is 7.09. The Balaban J connectivity index is 1.63. The maximum absolute atomic E-state index is 11.7. The van der Waals surface area contributed by atoms with Crippen LogP contribution in [0.5, 0.6) is 0 Å². The number of morpholine rings is 1. The fraction of sp³-hybridized carbons (Fsp3) is 0.714. The van der Waals surface area contributed by atoms with Gasteiger partial charge in [-0.25, -0.2) is 9.78 Å². The molecule has 1 aromatic heterocycles. The molecule has 6 nitrogen and oxygen atoms in total. The molecule has 7 heteroatoms. The highest BCUT2D eigenvalue weighted by Crippen LogP contribution is 2.07. The quantitative estimate of drug-likeness (QED) is 0.831. The van der Waals surface area contributed by atoms with E-state index in [9.17, 15) is 4.79 Å². The summed E-state index contributed by atoms with van der Waals surface area (Å²) in [7, 11) is 0. The smallest absolute Gasteiger partial charge is 0.315 e. The van der Waals surface area contributed by atoms with Crippen LogP contribution in [0.3, 0.4) is 0 Å². The summed E-state index contributed by atoms with van der Waals surface area (Å²) in [5.41, 5.74) is 0. The van der Waals surface area contributed by atoms with Gasteiger partial charge in [0.15, 0.2) is 0 Å². The molecule has 2 N–H and O–H groups in total. The first-order chi connectivity index (χ1) is 10.1. The third-order valence-corrected chi connectivity index (χ3v) is 4.00. The minimum Gasteiger partial charge on any atom is -0.374 e. The molecule has 21 heavy (non-hydrogen) atoms. The summed E-state index contributed by atoms with van der Waals surface area (Å²) in [6.07, 6.45) is 1.81. The molecular formula is C14H24N4O2S. The van der Waals surface area contributed by atoms with Crippen LogP contribution in [0.15, 0.2) is 11.6 Å². The van der Waals surface area contributed by atoms with Gasteiger partial charge in [-0.05, 0) is 5.92 Å². The Morgan fingerprint density at radius 2 is 2.43 bits per heavy atom. The van der Waals surface area contributed by atoms with Gasteiger partial charge < -0.3 is 15.4 Å². The van der Waals surface area contributed by atoms with Crippen molar-refractivity contribution < 1.29 is 9.53 Å². The second kappa shape index (κ2) is 8.31. The van der Waals surface area contributed by atoms with Crippen LogP contribution in [0.1, 0.15) is 18.9 Å².